The van der Waals surface area contributed by atoms with E-state index in [2.05, 4.69) is 5.32 Å². The fourth-order valence-corrected chi connectivity index (χ4v) is 3.97. The first kappa shape index (κ1) is 16.0. The van der Waals surface area contributed by atoms with E-state index in [1.165, 1.54) is 0 Å². The Morgan fingerprint density at radius 2 is 1.81 bits per heavy atom. The van der Waals surface area contributed by atoms with Gasteiger partial charge in [0, 0.05) is 43.2 Å². The van der Waals surface area contributed by atoms with Gasteiger partial charge in [-0.1, -0.05) is 18.2 Å². The van der Waals surface area contributed by atoms with Crippen molar-refractivity contribution in [2.75, 3.05) is 25.2 Å². The second-order valence-electron chi connectivity index (χ2n) is 6.91. The van der Waals surface area contributed by atoms with Gasteiger partial charge in [-0.25, -0.2) is 9.59 Å². The number of carbonyl (C=O) groups is 2. The maximum atomic E-state index is 12.6. The molecule has 5 rings (SSSR count). The van der Waals surface area contributed by atoms with Gasteiger partial charge in [0.25, 0.3) is 0 Å². The highest BCUT2D eigenvalue weighted by Crippen LogP contribution is 2.44. The van der Waals surface area contributed by atoms with Gasteiger partial charge in [-0.05, 0) is 18.2 Å². The van der Waals surface area contributed by atoms with Crippen molar-refractivity contribution in [1.82, 2.24) is 4.90 Å². The molecule has 1 spiro atoms. The van der Waals surface area contributed by atoms with E-state index >= 15 is 0 Å². The van der Waals surface area contributed by atoms with Gasteiger partial charge in [-0.2, -0.15) is 0 Å². The molecular formula is C20H18N2O5. The molecule has 0 atom stereocenters. The fraction of sp³-hybridized carbons (Fsp3) is 0.300. The Labute approximate surface area is 155 Å². The largest absolute Gasteiger partial charge is 0.454 e. The van der Waals surface area contributed by atoms with E-state index in [9.17, 15) is 9.59 Å². The Morgan fingerprint density at radius 3 is 2.67 bits per heavy atom. The summed E-state index contributed by atoms with van der Waals surface area (Å²) in [5.41, 5.74) is 1.62. The number of fused-ring (bicyclic) bond motifs is 3. The lowest BCUT2D eigenvalue weighted by Crippen LogP contribution is -2.46. The van der Waals surface area contributed by atoms with Crippen molar-refractivity contribution in [1.29, 1.82) is 0 Å². The maximum absolute atomic E-state index is 12.6. The average molecular weight is 366 g/mol. The molecule has 3 aliphatic rings. The predicted molar refractivity (Wildman–Crippen MR) is 95.9 cm³/mol. The molecule has 27 heavy (non-hydrogen) atoms. The van der Waals surface area contributed by atoms with Crippen molar-refractivity contribution in [2.45, 2.75) is 18.4 Å². The van der Waals surface area contributed by atoms with Gasteiger partial charge in [0.2, 0.25) is 6.79 Å². The maximum Gasteiger partial charge on any atom is 0.339 e. The van der Waals surface area contributed by atoms with Crippen LogP contribution in [-0.4, -0.2) is 36.8 Å². The molecule has 2 amide bonds. The third-order valence-electron chi connectivity index (χ3n) is 5.41. The molecule has 0 unspecified atom stereocenters. The van der Waals surface area contributed by atoms with Gasteiger partial charge in [0.1, 0.15) is 5.60 Å². The summed E-state index contributed by atoms with van der Waals surface area (Å²) in [7, 11) is 0. The number of piperidine rings is 1. The first-order chi connectivity index (χ1) is 13.1. The minimum Gasteiger partial charge on any atom is -0.454 e. The molecular weight excluding hydrogens is 348 g/mol. The molecule has 138 valence electrons. The third-order valence-corrected chi connectivity index (χ3v) is 5.41. The van der Waals surface area contributed by atoms with Gasteiger partial charge in [-0.3, -0.25) is 0 Å². The Hall–Kier alpha value is -3.22. The van der Waals surface area contributed by atoms with E-state index in [4.69, 9.17) is 14.2 Å². The smallest absolute Gasteiger partial charge is 0.339 e. The number of urea groups is 1. The number of carbonyl (C=O) groups excluding carboxylic acids is 2. The molecule has 3 heterocycles. The summed E-state index contributed by atoms with van der Waals surface area (Å²) in [4.78, 5) is 26.5. The second kappa shape index (κ2) is 5.90. The molecule has 7 heteroatoms. The zero-order valence-corrected chi connectivity index (χ0v) is 14.6. The zero-order chi connectivity index (χ0) is 18.4. The summed E-state index contributed by atoms with van der Waals surface area (Å²) in [6.07, 6.45) is 1.18. The van der Waals surface area contributed by atoms with E-state index in [1.807, 2.05) is 18.2 Å². The van der Waals surface area contributed by atoms with Crippen molar-refractivity contribution in [2.24, 2.45) is 0 Å². The topological polar surface area (TPSA) is 77.1 Å². The summed E-state index contributed by atoms with van der Waals surface area (Å²) < 4.78 is 16.3. The van der Waals surface area contributed by atoms with Gasteiger partial charge < -0.3 is 24.4 Å². The molecule has 3 aliphatic heterocycles. The summed E-state index contributed by atoms with van der Waals surface area (Å²) in [6.45, 7) is 1.22. The Balaban J connectivity index is 1.27. The van der Waals surface area contributed by atoms with Crippen LogP contribution in [-0.2, 0) is 10.3 Å². The van der Waals surface area contributed by atoms with Crippen LogP contribution in [0.15, 0.2) is 42.5 Å². The van der Waals surface area contributed by atoms with Crippen LogP contribution in [0.2, 0.25) is 0 Å². The number of hydrogen-bond acceptors (Lipinski definition) is 5. The zero-order valence-electron chi connectivity index (χ0n) is 14.6. The molecule has 2 aromatic carbocycles. The van der Waals surface area contributed by atoms with Crippen molar-refractivity contribution < 1.29 is 23.8 Å². The molecule has 1 N–H and O–H groups in total. The number of anilines is 1. The molecule has 0 aliphatic carbocycles. The van der Waals surface area contributed by atoms with E-state index in [0.29, 0.717) is 48.7 Å². The number of nitrogens with zero attached hydrogens (tertiary/aromatic N) is 1. The lowest BCUT2D eigenvalue weighted by Gasteiger charge is -2.38. The predicted octanol–water partition coefficient (Wildman–Crippen LogP) is 3.11. The van der Waals surface area contributed by atoms with Crippen LogP contribution >= 0.6 is 0 Å². The van der Waals surface area contributed by atoms with Gasteiger partial charge in [0.05, 0.1) is 5.56 Å². The summed E-state index contributed by atoms with van der Waals surface area (Å²) in [5, 5.41) is 2.89. The van der Waals surface area contributed by atoms with Crippen molar-refractivity contribution in [3.8, 4) is 11.5 Å². The van der Waals surface area contributed by atoms with Crippen LogP contribution in [0.1, 0.15) is 28.8 Å². The third kappa shape index (κ3) is 2.58. The highest BCUT2D eigenvalue weighted by molar-refractivity contribution is 5.95. The first-order valence-electron chi connectivity index (χ1n) is 8.93. The van der Waals surface area contributed by atoms with Gasteiger partial charge >= 0.3 is 12.0 Å². The average Bonchev–Trinajstić information content (AvgIpc) is 3.26. The Kier molecular flexibility index (Phi) is 3.50. The highest BCUT2D eigenvalue weighted by Gasteiger charge is 2.47. The lowest BCUT2D eigenvalue weighted by atomic mass is 9.84. The number of benzene rings is 2. The molecule has 0 aromatic heterocycles. The summed E-state index contributed by atoms with van der Waals surface area (Å²) in [5.74, 6) is 1.03. The summed E-state index contributed by atoms with van der Waals surface area (Å²) in [6, 6.07) is 12.6. The first-order valence-corrected chi connectivity index (χ1v) is 8.93. The standard InChI is InChI=1S/C20H18N2O5/c23-18-14-3-1-2-4-15(14)20(27-18)7-9-22(10-8-20)19(24)21-13-5-6-16-17(11-13)26-12-25-16/h1-6,11H,7-10,12H2,(H,21,24). The minimum atomic E-state index is -0.608. The van der Waals surface area contributed by atoms with E-state index < -0.39 is 5.60 Å². The number of likely N-dealkylation sites (tertiary alicyclic amines) is 1. The quantitative estimate of drug-likeness (QED) is 0.785. The van der Waals surface area contributed by atoms with Crippen molar-refractivity contribution in [3.63, 3.8) is 0 Å². The summed E-state index contributed by atoms with van der Waals surface area (Å²) >= 11 is 0. The monoisotopic (exact) mass is 366 g/mol. The number of amides is 2. The molecule has 0 radical (unpaired) electrons. The number of rotatable bonds is 1. The van der Waals surface area contributed by atoms with Crippen LogP contribution in [0.3, 0.4) is 0 Å². The van der Waals surface area contributed by atoms with Crippen LogP contribution < -0.4 is 14.8 Å². The lowest BCUT2D eigenvalue weighted by molar-refractivity contribution is -0.0363. The Morgan fingerprint density at radius 1 is 1.04 bits per heavy atom. The van der Waals surface area contributed by atoms with Crippen molar-refractivity contribution in [3.05, 3.63) is 53.6 Å². The number of hydrogen-bond donors (Lipinski definition) is 1. The minimum absolute atomic E-state index is 0.179. The Bertz CT molecular complexity index is 934. The molecule has 2 aromatic rings. The molecule has 0 bridgehead atoms. The van der Waals surface area contributed by atoms with E-state index in [1.54, 1.807) is 29.2 Å². The number of nitrogens with one attached hydrogen (secondary N) is 1. The van der Waals surface area contributed by atoms with Crippen molar-refractivity contribution >= 4 is 17.7 Å². The number of esters is 1. The van der Waals surface area contributed by atoms with E-state index in [0.717, 1.165) is 5.56 Å². The molecule has 7 nitrogen and oxygen atoms in total. The van der Waals surface area contributed by atoms with Crippen LogP contribution in [0.5, 0.6) is 11.5 Å². The fourth-order valence-electron chi connectivity index (χ4n) is 3.97. The molecule has 0 saturated carbocycles. The highest BCUT2D eigenvalue weighted by atomic mass is 16.7. The van der Waals surface area contributed by atoms with Crippen LogP contribution in [0.25, 0.3) is 0 Å². The van der Waals surface area contributed by atoms with Gasteiger partial charge in [-0.15, -0.1) is 0 Å². The SMILES string of the molecule is O=C1OC2(CCN(C(=O)Nc3ccc4c(c3)OCO4)CC2)c2ccccc21. The normalized spacial score (nSPS) is 19.0. The van der Waals surface area contributed by atoms with Crippen LogP contribution in [0, 0.1) is 0 Å². The molecule has 1 fully saturated rings. The van der Waals surface area contributed by atoms with Crippen LogP contribution in [0.4, 0.5) is 10.5 Å². The number of ether oxygens (including phenoxy) is 3. The second-order valence-corrected chi connectivity index (χ2v) is 6.91. The van der Waals surface area contributed by atoms with Gasteiger partial charge in [0.15, 0.2) is 11.5 Å². The molecule has 1 saturated heterocycles. The van der Waals surface area contributed by atoms with E-state index in [-0.39, 0.29) is 18.8 Å².